The molecule has 2 atom stereocenters. The molecule has 0 spiro atoms. The van der Waals surface area contributed by atoms with Gasteiger partial charge in [-0.15, -0.1) is 12.4 Å². The highest BCUT2D eigenvalue weighted by Crippen LogP contribution is 2.24. The minimum absolute atomic E-state index is 0. The van der Waals surface area contributed by atoms with Crippen LogP contribution in [0.15, 0.2) is 22.7 Å². The third-order valence-corrected chi connectivity index (χ3v) is 4.42. The lowest BCUT2D eigenvalue weighted by Crippen LogP contribution is -2.56. The summed E-state index contributed by atoms with van der Waals surface area (Å²) in [5.41, 5.74) is 0.643. The van der Waals surface area contributed by atoms with Crippen molar-refractivity contribution in [3.8, 4) is 0 Å². The van der Waals surface area contributed by atoms with E-state index in [1.807, 2.05) is 11.0 Å². The second-order valence-electron chi connectivity index (χ2n) is 4.74. The summed E-state index contributed by atoms with van der Waals surface area (Å²) < 4.78 is 0.808. The van der Waals surface area contributed by atoms with E-state index in [-0.39, 0.29) is 24.4 Å². The van der Waals surface area contributed by atoms with Gasteiger partial charge in [0.25, 0.3) is 5.91 Å². The van der Waals surface area contributed by atoms with E-state index in [1.54, 1.807) is 12.1 Å². The van der Waals surface area contributed by atoms with Gasteiger partial charge >= 0.3 is 0 Å². The Morgan fingerprint density at radius 2 is 2.16 bits per heavy atom. The van der Waals surface area contributed by atoms with E-state index >= 15 is 0 Å². The first-order chi connectivity index (χ1) is 8.49. The predicted octanol–water partition coefficient (Wildman–Crippen LogP) is 3.35. The molecule has 2 unspecified atom stereocenters. The van der Waals surface area contributed by atoms with Crippen molar-refractivity contribution in [1.29, 1.82) is 0 Å². The van der Waals surface area contributed by atoms with E-state index in [0.29, 0.717) is 16.6 Å². The molecule has 6 heteroatoms. The normalized spacial score (nSPS) is 22.8. The molecule has 1 fully saturated rings. The van der Waals surface area contributed by atoms with Gasteiger partial charge in [-0.1, -0.05) is 11.6 Å². The molecule has 0 saturated carbocycles. The molecule has 1 amide bonds. The molecular weight excluding hydrogens is 351 g/mol. The molecule has 0 aromatic heterocycles. The number of carbonyl (C=O) groups is 1. The lowest BCUT2D eigenvalue weighted by Gasteiger charge is -2.37. The van der Waals surface area contributed by atoms with E-state index < -0.39 is 0 Å². The zero-order valence-electron chi connectivity index (χ0n) is 10.8. The van der Waals surface area contributed by atoms with Crippen molar-refractivity contribution in [2.75, 3.05) is 13.1 Å². The van der Waals surface area contributed by atoms with Crippen molar-refractivity contribution in [3.63, 3.8) is 0 Å². The van der Waals surface area contributed by atoms with Crippen LogP contribution in [0.1, 0.15) is 24.2 Å². The van der Waals surface area contributed by atoms with Crippen LogP contribution in [-0.2, 0) is 0 Å². The highest BCUT2D eigenvalue weighted by molar-refractivity contribution is 9.10. The summed E-state index contributed by atoms with van der Waals surface area (Å²) in [4.78, 5) is 14.3. The summed E-state index contributed by atoms with van der Waals surface area (Å²) in [6.45, 7) is 5.70. The number of hydrogen-bond acceptors (Lipinski definition) is 2. The Bertz CT molecular complexity index is 470. The Kier molecular flexibility index (Phi) is 6.12. The highest BCUT2D eigenvalue weighted by atomic mass is 79.9. The van der Waals surface area contributed by atoms with Crippen LogP contribution in [0.25, 0.3) is 0 Å². The third kappa shape index (κ3) is 3.85. The standard InChI is InChI=1S/C13H16BrClN2O.ClH/c1-8-7-17(9(2)6-16-8)13(18)10-3-4-11(14)12(15)5-10;/h3-5,8-9,16H,6-7H2,1-2H3;1H. The van der Waals surface area contributed by atoms with Crippen LogP contribution >= 0.6 is 39.9 Å². The molecule has 1 aromatic rings. The molecule has 1 aliphatic heterocycles. The maximum Gasteiger partial charge on any atom is 0.254 e. The van der Waals surface area contributed by atoms with Gasteiger partial charge in [0.2, 0.25) is 0 Å². The summed E-state index contributed by atoms with van der Waals surface area (Å²) in [5, 5.41) is 3.93. The van der Waals surface area contributed by atoms with Crippen LogP contribution in [0.5, 0.6) is 0 Å². The van der Waals surface area contributed by atoms with Crippen molar-refractivity contribution in [1.82, 2.24) is 10.2 Å². The van der Waals surface area contributed by atoms with Crippen LogP contribution in [-0.4, -0.2) is 36.0 Å². The largest absolute Gasteiger partial charge is 0.333 e. The average Bonchev–Trinajstić information content (AvgIpc) is 2.35. The molecule has 106 valence electrons. The monoisotopic (exact) mass is 366 g/mol. The van der Waals surface area contributed by atoms with Crippen LogP contribution in [0, 0.1) is 0 Å². The van der Waals surface area contributed by atoms with Crippen molar-refractivity contribution < 1.29 is 4.79 Å². The maximum absolute atomic E-state index is 12.4. The molecule has 1 aromatic carbocycles. The fraction of sp³-hybridized carbons (Fsp3) is 0.462. The van der Waals surface area contributed by atoms with Crippen LogP contribution in [0.4, 0.5) is 0 Å². The molecule has 1 saturated heterocycles. The molecule has 3 nitrogen and oxygen atoms in total. The smallest absolute Gasteiger partial charge is 0.254 e. The Labute approximate surface area is 133 Å². The minimum atomic E-state index is 0. The van der Waals surface area contributed by atoms with E-state index in [0.717, 1.165) is 17.6 Å². The van der Waals surface area contributed by atoms with Gasteiger partial charge in [-0.2, -0.15) is 0 Å². The first kappa shape index (κ1) is 16.8. The minimum Gasteiger partial charge on any atom is -0.333 e. The van der Waals surface area contributed by atoms with Gasteiger partial charge in [-0.3, -0.25) is 4.79 Å². The Balaban J connectivity index is 0.00000180. The average molecular weight is 368 g/mol. The van der Waals surface area contributed by atoms with Crippen LogP contribution < -0.4 is 5.32 Å². The number of carbonyl (C=O) groups excluding carboxylic acids is 1. The number of hydrogen-bond donors (Lipinski definition) is 1. The number of halogens is 3. The van der Waals surface area contributed by atoms with E-state index in [2.05, 4.69) is 35.1 Å². The Morgan fingerprint density at radius 1 is 1.47 bits per heavy atom. The van der Waals surface area contributed by atoms with Gasteiger partial charge in [-0.05, 0) is 48.0 Å². The van der Waals surface area contributed by atoms with Crippen molar-refractivity contribution in [3.05, 3.63) is 33.3 Å². The zero-order valence-corrected chi connectivity index (χ0v) is 14.0. The Morgan fingerprint density at radius 3 is 2.79 bits per heavy atom. The summed E-state index contributed by atoms with van der Waals surface area (Å²) >= 11 is 9.36. The van der Waals surface area contributed by atoms with E-state index in [1.165, 1.54) is 0 Å². The first-order valence-corrected chi connectivity index (χ1v) is 7.15. The molecule has 0 aliphatic carbocycles. The number of piperazine rings is 1. The van der Waals surface area contributed by atoms with E-state index in [4.69, 9.17) is 11.6 Å². The third-order valence-electron chi connectivity index (χ3n) is 3.19. The fourth-order valence-corrected chi connectivity index (χ4v) is 2.53. The molecule has 0 bridgehead atoms. The van der Waals surface area contributed by atoms with Crippen molar-refractivity contribution in [2.45, 2.75) is 25.9 Å². The number of amides is 1. The lowest BCUT2D eigenvalue weighted by molar-refractivity contribution is 0.0616. The van der Waals surface area contributed by atoms with Gasteiger partial charge in [0.1, 0.15) is 0 Å². The quantitative estimate of drug-likeness (QED) is 0.825. The first-order valence-electron chi connectivity index (χ1n) is 5.98. The summed E-state index contributed by atoms with van der Waals surface area (Å²) in [7, 11) is 0. The number of benzene rings is 1. The number of nitrogens with one attached hydrogen (secondary N) is 1. The topological polar surface area (TPSA) is 32.3 Å². The lowest BCUT2D eigenvalue weighted by atomic mass is 10.1. The molecule has 19 heavy (non-hydrogen) atoms. The zero-order chi connectivity index (χ0) is 13.3. The maximum atomic E-state index is 12.4. The van der Waals surface area contributed by atoms with Gasteiger partial charge < -0.3 is 10.2 Å². The molecule has 1 aliphatic rings. The van der Waals surface area contributed by atoms with Gasteiger partial charge in [0.05, 0.1) is 5.02 Å². The molecular formula is C13H17BrCl2N2O. The SMILES string of the molecule is CC1CN(C(=O)c2ccc(Br)c(Cl)c2)C(C)CN1.Cl. The summed E-state index contributed by atoms with van der Waals surface area (Å²) in [6.07, 6.45) is 0. The van der Waals surface area contributed by atoms with Gasteiger partial charge in [-0.25, -0.2) is 0 Å². The number of rotatable bonds is 1. The second-order valence-corrected chi connectivity index (χ2v) is 6.01. The molecule has 1 heterocycles. The molecule has 1 N–H and O–H groups in total. The van der Waals surface area contributed by atoms with E-state index in [9.17, 15) is 4.79 Å². The Hall–Kier alpha value is -0.290. The number of nitrogens with zero attached hydrogens (tertiary/aromatic N) is 1. The molecule has 0 radical (unpaired) electrons. The summed E-state index contributed by atoms with van der Waals surface area (Å²) in [5.74, 6) is 0.0465. The van der Waals surface area contributed by atoms with Crippen LogP contribution in [0.2, 0.25) is 5.02 Å². The van der Waals surface area contributed by atoms with Crippen molar-refractivity contribution in [2.24, 2.45) is 0 Å². The predicted molar refractivity (Wildman–Crippen MR) is 84.4 cm³/mol. The van der Waals surface area contributed by atoms with Crippen LogP contribution in [0.3, 0.4) is 0 Å². The highest BCUT2D eigenvalue weighted by Gasteiger charge is 2.27. The van der Waals surface area contributed by atoms with Crippen molar-refractivity contribution >= 4 is 45.8 Å². The second kappa shape index (κ2) is 6.93. The van der Waals surface area contributed by atoms with Gasteiger partial charge in [0, 0.05) is 35.2 Å². The fourth-order valence-electron chi connectivity index (χ4n) is 2.10. The molecule has 2 rings (SSSR count). The summed E-state index contributed by atoms with van der Waals surface area (Å²) in [6, 6.07) is 5.86. The van der Waals surface area contributed by atoms with Gasteiger partial charge in [0.15, 0.2) is 0 Å².